The molecule has 5 aliphatic rings. The molecule has 15 heterocycles. The van der Waals surface area contributed by atoms with E-state index < -0.39 is 39.8 Å². The molecule has 2 unspecified atom stereocenters. The number of rotatable bonds is 27. The molecule has 0 aliphatic carbocycles. The topological polar surface area (TPSA) is 541 Å². The van der Waals surface area contributed by atoms with E-state index in [9.17, 15) is 47.9 Å². The lowest BCUT2D eigenvalue weighted by molar-refractivity contribution is 0.0118. The molecule has 22 N–H and O–H groups in total. The van der Waals surface area contributed by atoms with Gasteiger partial charge in [0.1, 0.15) is 133 Å². The van der Waals surface area contributed by atoms with Crippen molar-refractivity contribution in [3.8, 4) is 34.5 Å². The molecule has 10 aromatic heterocycles. The van der Waals surface area contributed by atoms with E-state index in [1.54, 1.807) is 68.8 Å². The molecule has 43 heteroatoms. The Morgan fingerprint density at radius 3 is 0.993 bits per heavy atom. The number of carbonyl (C=O) groups is 1. The lowest BCUT2D eigenvalue weighted by Gasteiger charge is -2.36. The minimum atomic E-state index is -1.22. The van der Waals surface area contributed by atoms with Gasteiger partial charge in [-0.05, 0) is 180 Å². The van der Waals surface area contributed by atoms with Gasteiger partial charge in [-0.15, -0.1) is 5.10 Å². The standard InChI is InChI=1S/2C21H24FN5O2.C20H22ClN5O2.C20H22FN5O3.C19H21FN6O3.CH4/c2*1-12(25-18-4-7-27-20(26-18)17(11-24-27)13(2)28)16-9-15(22)8-14-10-21(3,5-6-23)29-19(14)16;1-11(15-7-14(21)6-13-8-20(3,10-22)28-18(13)15)24-17-4-5-26-19(25-17)16(9-23-26)12(2)27;1-11(24-17-4-5-26-19(25-17)15(8-23-26)12(2)27)14-6-13(21)7-16-18(14)29-20(3,9-22)10-28-16;1-9(12-6-11(20)5-10-7-19(2,8-21)29-15(10)12)23-13-3-4-26-17(24-13)14(18(27)28)16(22)25-26;/h2*4,7-9,11-12,28H,2,5-6,10,23H2,1,3H3,(H,25,26);4-7,9,11,27H,2,8,10,22H2,1,3H3,(H,24,25);4-8,11,27H,2,9-10,22H2,1,3H3,(H,24,25);3-6,9H,7-8,21H2,1-2H3,(H2,22,25)(H,23,24)(H,27,28);1H4/t12-,21+;12-,21-;2*11-,20?;9-,19-;/m11111./s1. The third-order valence-corrected chi connectivity index (χ3v) is 25.7. The van der Waals surface area contributed by atoms with Crippen LogP contribution < -0.4 is 89.4 Å². The second kappa shape index (κ2) is 41.3. The molecule has 5 aromatic carbocycles. The number of fused-ring (bicyclic) bond motifs is 10. The highest BCUT2D eigenvalue weighted by Gasteiger charge is 2.43. The van der Waals surface area contributed by atoms with Crippen LogP contribution in [-0.2, 0) is 25.7 Å². The number of aliphatic hydroxyl groups excluding tert-OH is 4. The van der Waals surface area contributed by atoms with Crippen LogP contribution in [0.25, 0.3) is 51.3 Å². The largest absolute Gasteiger partial charge is 0.508 e. The number of aromatic carboxylic acids is 1. The molecule has 0 fully saturated rings. The van der Waals surface area contributed by atoms with Gasteiger partial charge in [0.05, 0.1) is 77.3 Å². The first-order chi connectivity index (χ1) is 68.4. The molecule has 0 radical (unpaired) electrons. The quantitative estimate of drug-likeness (QED) is 0.0168. The molecule has 20 rings (SSSR count). The van der Waals surface area contributed by atoms with Crippen molar-refractivity contribution in [3.63, 3.8) is 0 Å². The lowest BCUT2D eigenvalue weighted by Crippen LogP contribution is -2.48. The second-order valence-electron chi connectivity index (χ2n) is 37.5. The Balaban J connectivity index is 0.000000136. The van der Waals surface area contributed by atoms with Crippen molar-refractivity contribution in [2.24, 2.45) is 28.7 Å². The molecule has 762 valence electrons. The monoisotopic (exact) mass is 2010 g/mol. The van der Waals surface area contributed by atoms with Crippen LogP contribution in [0.3, 0.4) is 0 Å². The van der Waals surface area contributed by atoms with Gasteiger partial charge < -0.3 is 115 Å². The summed E-state index contributed by atoms with van der Waals surface area (Å²) < 4.78 is 101. The number of aliphatic hydroxyl groups is 4. The predicted octanol–water partition coefficient (Wildman–Crippen LogP) is 16.6. The lowest BCUT2D eigenvalue weighted by atomic mass is 9.94. The van der Waals surface area contributed by atoms with Crippen molar-refractivity contribution in [1.82, 2.24) is 73.0 Å². The van der Waals surface area contributed by atoms with Gasteiger partial charge in [0, 0.05) is 137 Å². The van der Waals surface area contributed by atoms with E-state index >= 15 is 0 Å². The van der Waals surface area contributed by atoms with Crippen LogP contribution in [-0.4, -0.2) is 172 Å². The first-order valence-corrected chi connectivity index (χ1v) is 46.6. The number of nitrogen functional groups attached to an aromatic ring is 1. The number of hydrogen-bond acceptors (Lipinski definition) is 32. The van der Waals surface area contributed by atoms with Gasteiger partial charge in [-0.25, -0.2) is 69.9 Å². The summed E-state index contributed by atoms with van der Waals surface area (Å²) in [6, 6.07) is 22.8. The molecule has 0 saturated heterocycles. The fourth-order valence-corrected chi connectivity index (χ4v) is 18.2. The van der Waals surface area contributed by atoms with Crippen molar-refractivity contribution < 1.29 is 76.3 Å². The van der Waals surface area contributed by atoms with Gasteiger partial charge in [-0.1, -0.05) is 45.3 Å². The van der Waals surface area contributed by atoms with Gasteiger partial charge in [0.25, 0.3) is 0 Å². The number of carboxylic acid groups (broad SMARTS) is 1. The van der Waals surface area contributed by atoms with Crippen molar-refractivity contribution in [2.75, 3.05) is 71.6 Å². The maximum Gasteiger partial charge on any atom is 0.343 e. The third kappa shape index (κ3) is 21.9. The maximum atomic E-state index is 14.3. The minimum absolute atomic E-state index is 0. The van der Waals surface area contributed by atoms with Crippen LogP contribution in [0.2, 0.25) is 5.02 Å². The molecular weight excluding hydrogens is 1890 g/mol. The number of hydrogen-bond donors (Lipinski definition) is 16. The van der Waals surface area contributed by atoms with E-state index in [0.29, 0.717) is 177 Å². The minimum Gasteiger partial charge on any atom is -0.508 e. The normalized spacial score (nSPS) is 19.0. The molecule has 0 amide bonds. The number of nitrogens with two attached hydrogens (primary N) is 6. The second-order valence-corrected chi connectivity index (χ2v) is 38.0. The number of anilines is 6. The van der Waals surface area contributed by atoms with E-state index in [1.807, 2.05) is 87.4 Å². The maximum absolute atomic E-state index is 14.3. The van der Waals surface area contributed by atoms with Gasteiger partial charge in [0.2, 0.25) is 0 Å². The first kappa shape index (κ1) is 104. The van der Waals surface area contributed by atoms with E-state index in [0.717, 1.165) is 51.1 Å². The summed E-state index contributed by atoms with van der Waals surface area (Å²) in [5.74, 6) is 3.20. The molecule has 15 aromatic rings. The van der Waals surface area contributed by atoms with Gasteiger partial charge in [0.15, 0.2) is 51.2 Å². The Bertz CT molecular complexity index is 7350. The van der Waals surface area contributed by atoms with Crippen molar-refractivity contribution in [3.05, 3.63) is 279 Å². The SMILES string of the molecule is C.C=C(O)c1cnn2ccc(N[C@H](C)c3cc(Cl)cc4c3OC(C)(CN)C4)nc12.C=C(O)c1cnn2ccc(N[C@H](C)c3cc(F)cc4c3OC(C)(CN)CO4)nc12.C=C(O)c1cnn2ccc(N[C@H](C)c3cc(F)cc4c3O[C@@](C)(CCN)C4)nc12.C=C(O)c1cnn2ccc(N[C@H](C)c3cc(F)cc4c3O[C@](C)(CCN)C4)nc12.C[C@@H](Nc1ccn2nc(N)c(C(=O)O)c2n1)c1cc(F)cc2c1O[C@@](C)(CN)C2. The summed E-state index contributed by atoms with van der Waals surface area (Å²) in [6.45, 7) is 35.7. The molecular formula is C102H117ClF4N26O12. The Hall–Kier alpha value is -15.8. The Labute approximate surface area is 836 Å². The van der Waals surface area contributed by atoms with Crippen molar-refractivity contribution in [2.45, 2.75) is 173 Å². The summed E-state index contributed by atoms with van der Waals surface area (Å²) in [6.07, 6.45) is 18.4. The average molecular weight is 2010 g/mol. The number of nitrogens with one attached hydrogen (secondary N) is 5. The zero-order valence-corrected chi connectivity index (χ0v) is 81.5. The average Bonchev–Trinajstić information content (AvgIpc) is 1.76. The summed E-state index contributed by atoms with van der Waals surface area (Å²) in [7, 11) is 0. The molecule has 0 bridgehead atoms. The first-order valence-electron chi connectivity index (χ1n) is 46.2. The van der Waals surface area contributed by atoms with Crippen LogP contribution in [0.15, 0.2) is 173 Å². The molecule has 38 nitrogen and oxygen atoms in total. The predicted molar refractivity (Wildman–Crippen MR) is 547 cm³/mol. The summed E-state index contributed by atoms with van der Waals surface area (Å²) >= 11 is 6.35. The van der Waals surface area contributed by atoms with E-state index in [1.165, 1.54) is 82.3 Å². The highest BCUT2D eigenvalue weighted by molar-refractivity contribution is 6.30. The van der Waals surface area contributed by atoms with Gasteiger partial charge in [-0.3, -0.25) is 0 Å². The van der Waals surface area contributed by atoms with Crippen molar-refractivity contribution in [1.29, 1.82) is 0 Å². The highest BCUT2D eigenvalue weighted by Crippen LogP contribution is 2.49. The molecule has 5 aliphatic heterocycles. The van der Waals surface area contributed by atoms with Crippen LogP contribution in [0.4, 0.5) is 52.5 Å². The summed E-state index contributed by atoms with van der Waals surface area (Å²) in [5, 5.41) is 85.7. The van der Waals surface area contributed by atoms with Crippen LogP contribution in [0.5, 0.6) is 34.5 Å². The number of halogens is 5. The third-order valence-electron chi connectivity index (χ3n) is 25.5. The summed E-state index contributed by atoms with van der Waals surface area (Å²) in [5.41, 5.74) is 42.9. The zero-order valence-electron chi connectivity index (χ0n) is 80.7. The number of nitrogens with zero attached hydrogens (tertiary/aromatic N) is 15. The van der Waals surface area contributed by atoms with Crippen LogP contribution in [0, 0.1) is 23.3 Å². The smallest absolute Gasteiger partial charge is 0.343 e. The Morgan fingerprint density at radius 1 is 0.407 bits per heavy atom. The molecule has 0 saturated carbocycles. The van der Waals surface area contributed by atoms with E-state index in [4.69, 9.17) is 74.4 Å². The van der Waals surface area contributed by atoms with Crippen LogP contribution in [0.1, 0.15) is 202 Å². The van der Waals surface area contributed by atoms with Crippen LogP contribution >= 0.6 is 11.6 Å². The van der Waals surface area contributed by atoms with E-state index in [-0.39, 0.29) is 108 Å². The molecule has 10 atom stereocenters. The zero-order chi connectivity index (χ0) is 103. The van der Waals surface area contributed by atoms with E-state index in [2.05, 4.69) is 103 Å². The number of ether oxygens (including phenoxy) is 6. The molecule has 0 spiro atoms. The fraction of sp³-hybridized carbons (Fsp3) is 0.324. The number of benzene rings is 5. The fourth-order valence-electron chi connectivity index (χ4n) is 17.9. The van der Waals surface area contributed by atoms with Gasteiger partial charge in [-0.2, -0.15) is 20.4 Å². The summed E-state index contributed by atoms with van der Waals surface area (Å²) in [4.78, 5) is 33.8. The highest BCUT2D eigenvalue weighted by atomic mass is 35.5. The Morgan fingerprint density at radius 2 is 0.683 bits per heavy atom. The number of carboxylic acids is 1. The Kier molecular flexibility index (Phi) is 29.5. The number of aromatic nitrogens is 15. The van der Waals surface area contributed by atoms with Crippen molar-refractivity contribution >= 4 is 104 Å². The van der Waals surface area contributed by atoms with Gasteiger partial charge >= 0.3 is 5.97 Å². The molecule has 145 heavy (non-hydrogen) atoms.